The van der Waals surface area contributed by atoms with E-state index in [-0.39, 0.29) is 17.1 Å². The van der Waals surface area contributed by atoms with E-state index in [9.17, 15) is 9.18 Å². The van der Waals surface area contributed by atoms with Crippen molar-refractivity contribution in [2.45, 2.75) is 18.4 Å². The zero-order chi connectivity index (χ0) is 11.1. The first kappa shape index (κ1) is 10.1. The van der Waals surface area contributed by atoms with Crippen LogP contribution >= 0.6 is 0 Å². The molecule has 0 heterocycles. The molecule has 2 rings (SSSR count). The molecule has 3 nitrogen and oxygen atoms in total. The predicted molar refractivity (Wildman–Crippen MR) is 53.4 cm³/mol. The molecule has 1 aliphatic carbocycles. The van der Waals surface area contributed by atoms with Crippen LogP contribution in [0.5, 0.6) is 5.75 Å². The summed E-state index contributed by atoms with van der Waals surface area (Å²) < 4.78 is 18.5. The summed E-state index contributed by atoms with van der Waals surface area (Å²) in [5.74, 6) is -0.884. The number of ketones is 1. The third kappa shape index (κ3) is 1.61. The average Bonchev–Trinajstić information content (AvgIpc) is 2.97. The van der Waals surface area contributed by atoms with Gasteiger partial charge in [0.25, 0.3) is 0 Å². The van der Waals surface area contributed by atoms with Crippen molar-refractivity contribution in [2.75, 3.05) is 7.11 Å². The van der Waals surface area contributed by atoms with Crippen LogP contribution in [-0.2, 0) is 0 Å². The molecule has 1 aromatic rings. The Labute approximate surface area is 87.0 Å². The fourth-order valence-electron chi connectivity index (χ4n) is 1.47. The normalized spacial score (nSPS) is 17.3. The number of Topliss-reactive ketones (excluding diaryl/α,β-unsaturated/α-hetero) is 1. The van der Waals surface area contributed by atoms with Gasteiger partial charge >= 0.3 is 0 Å². The third-order valence-electron chi connectivity index (χ3n) is 2.67. The Hall–Kier alpha value is -1.42. The Morgan fingerprint density at radius 3 is 2.73 bits per heavy atom. The summed E-state index contributed by atoms with van der Waals surface area (Å²) in [6, 6.07) is 4.50. The van der Waals surface area contributed by atoms with Gasteiger partial charge in [0.1, 0.15) is 0 Å². The van der Waals surface area contributed by atoms with Crippen LogP contribution in [-0.4, -0.2) is 18.4 Å². The molecule has 0 atom stereocenters. The maximum absolute atomic E-state index is 13.7. The summed E-state index contributed by atoms with van der Waals surface area (Å²) in [6.45, 7) is 0. The lowest BCUT2D eigenvalue weighted by atomic mass is 10.0. The highest BCUT2D eigenvalue weighted by Gasteiger charge is 2.47. The lowest BCUT2D eigenvalue weighted by Gasteiger charge is -2.10. The predicted octanol–water partition coefficient (Wildman–Crippen LogP) is 1.51. The summed E-state index contributed by atoms with van der Waals surface area (Å²) in [7, 11) is 1.36. The first-order valence-corrected chi connectivity index (χ1v) is 4.75. The Bertz CT molecular complexity index is 413. The molecule has 1 aliphatic rings. The second-order valence-corrected chi connectivity index (χ2v) is 3.81. The lowest BCUT2D eigenvalue weighted by molar-refractivity contribution is 0.0944. The fraction of sp³-hybridized carbons (Fsp3) is 0.364. The van der Waals surface area contributed by atoms with E-state index in [2.05, 4.69) is 0 Å². The van der Waals surface area contributed by atoms with Crippen molar-refractivity contribution in [1.29, 1.82) is 0 Å². The molecule has 1 fully saturated rings. The van der Waals surface area contributed by atoms with Crippen molar-refractivity contribution >= 4 is 5.78 Å². The molecule has 0 aromatic heterocycles. The molecular formula is C11H12FNO2. The number of benzene rings is 1. The van der Waals surface area contributed by atoms with E-state index in [0.29, 0.717) is 12.8 Å². The number of methoxy groups -OCH3 is 1. The van der Waals surface area contributed by atoms with Crippen molar-refractivity contribution in [3.05, 3.63) is 29.6 Å². The van der Waals surface area contributed by atoms with Gasteiger partial charge in [-0.25, -0.2) is 4.39 Å². The molecule has 80 valence electrons. The highest BCUT2D eigenvalue weighted by Crippen LogP contribution is 2.37. The highest BCUT2D eigenvalue weighted by molar-refractivity contribution is 6.05. The van der Waals surface area contributed by atoms with Gasteiger partial charge in [0.15, 0.2) is 17.3 Å². The van der Waals surface area contributed by atoms with E-state index < -0.39 is 11.4 Å². The van der Waals surface area contributed by atoms with Crippen molar-refractivity contribution in [3.8, 4) is 5.75 Å². The lowest BCUT2D eigenvalue weighted by Crippen LogP contribution is -2.33. The van der Waals surface area contributed by atoms with Crippen molar-refractivity contribution in [3.63, 3.8) is 0 Å². The van der Waals surface area contributed by atoms with Crippen molar-refractivity contribution < 1.29 is 13.9 Å². The number of rotatable bonds is 3. The third-order valence-corrected chi connectivity index (χ3v) is 2.67. The van der Waals surface area contributed by atoms with Crippen LogP contribution in [0.4, 0.5) is 4.39 Å². The fourth-order valence-corrected chi connectivity index (χ4v) is 1.47. The van der Waals surface area contributed by atoms with Crippen LogP contribution in [0.3, 0.4) is 0 Å². The Morgan fingerprint density at radius 2 is 2.20 bits per heavy atom. The summed E-state index contributed by atoms with van der Waals surface area (Å²) in [4.78, 5) is 11.8. The zero-order valence-corrected chi connectivity index (χ0v) is 8.42. The smallest absolute Gasteiger partial charge is 0.185 e. The summed E-state index contributed by atoms with van der Waals surface area (Å²) in [5.41, 5.74) is 4.91. The van der Waals surface area contributed by atoms with Gasteiger partial charge in [0, 0.05) is 0 Å². The molecule has 0 aliphatic heterocycles. The van der Waals surface area contributed by atoms with Crippen LogP contribution in [0.1, 0.15) is 23.2 Å². The number of carbonyl (C=O) groups excluding carboxylic acids is 1. The number of hydrogen-bond acceptors (Lipinski definition) is 3. The Kier molecular flexibility index (Phi) is 2.23. The van der Waals surface area contributed by atoms with Crippen LogP contribution in [0.15, 0.2) is 18.2 Å². The summed E-state index contributed by atoms with van der Waals surface area (Å²) in [6.07, 6.45) is 1.25. The molecule has 0 saturated heterocycles. The first-order chi connectivity index (χ1) is 7.08. The zero-order valence-electron chi connectivity index (χ0n) is 8.42. The maximum Gasteiger partial charge on any atom is 0.185 e. The number of hydrogen-bond donors (Lipinski definition) is 1. The van der Waals surface area contributed by atoms with Crippen molar-refractivity contribution in [2.24, 2.45) is 5.73 Å². The van der Waals surface area contributed by atoms with Crippen LogP contribution in [0, 0.1) is 5.82 Å². The van der Waals surface area contributed by atoms with Crippen LogP contribution in [0.25, 0.3) is 0 Å². The first-order valence-electron chi connectivity index (χ1n) is 4.75. The number of carbonyl (C=O) groups is 1. The molecule has 4 heteroatoms. The van der Waals surface area contributed by atoms with Gasteiger partial charge in [-0.15, -0.1) is 0 Å². The molecule has 2 N–H and O–H groups in total. The van der Waals surface area contributed by atoms with Gasteiger partial charge in [0.2, 0.25) is 0 Å². The Balaban J connectivity index is 2.40. The second-order valence-electron chi connectivity index (χ2n) is 3.81. The number of ether oxygens (including phenoxy) is 1. The monoisotopic (exact) mass is 209 g/mol. The van der Waals surface area contributed by atoms with E-state index in [1.165, 1.54) is 19.2 Å². The molecular weight excluding hydrogens is 197 g/mol. The average molecular weight is 209 g/mol. The highest BCUT2D eigenvalue weighted by atomic mass is 19.1. The SMILES string of the molecule is COc1cccc(C(=O)C2(N)CC2)c1F. The minimum Gasteiger partial charge on any atom is -0.494 e. The number of nitrogens with two attached hydrogens (primary N) is 1. The topological polar surface area (TPSA) is 52.3 Å². The van der Waals surface area contributed by atoms with Crippen molar-refractivity contribution in [1.82, 2.24) is 0 Å². The molecule has 1 aromatic carbocycles. The van der Waals surface area contributed by atoms with Gasteiger partial charge < -0.3 is 10.5 Å². The van der Waals surface area contributed by atoms with Gasteiger partial charge in [-0.2, -0.15) is 0 Å². The van der Waals surface area contributed by atoms with Gasteiger partial charge in [-0.05, 0) is 25.0 Å². The molecule has 0 amide bonds. The van der Waals surface area contributed by atoms with E-state index in [1.807, 2.05) is 0 Å². The van der Waals surface area contributed by atoms with Crippen LogP contribution in [0.2, 0.25) is 0 Å². The molecule has 15 heavy (non-hydrogen) atoms. The Morgan fingerprint density at radius 1 is 1.53 bits per heavy atom. The molecule has 0 spiro atoms. The minimum absolute atomic E-state index is 0.0225. The second kappa shape index (κ2) is 3.31. The molecule has 0 unspecified atom stereocenters. The van der Waals surface area contributed by atoms with E-state index in [0.717, 1.165) is 0 Å². The molecule has 1 saturated carbocycles. The van der Waals surface area contributed by atoms with Gasteiger partial charge in [-0.3, -0.25) is 4.79 Å². The van der Waals surface area contributed by atoms with Gasteiger partial charge in [0.05, 0.1) is 18.2 Å². The van der Waals surface area contributed by atoms with Crippen LogP contribution < -0.4 is 10.5 Å². The largest absolute Gasteiger partial charge is 0.494 e. The van der Waals surface area contributed by atoms with E-state index in [4.69, 9.17) is 10.5 Å². The molecule has 0 radical (unpaired) electrons. The van der Waals surface area contributed by atoms with E-state index >= 15 is 0 Å². The van der Waals surface area contributed by atoms with E-state index in [1.54, 1.807) is 6.07 Å². The molecule has 0 bridgehead atoms. The minimum atomic E-state index is -0.840. The summed E-state index contributed by atoms with van der Waals surface area (Å²) >= 11 is 0. The van der Waals surface area contributed by atoms with Gasteiger partial charge in [-0.1, -0.05) is 6.07 Å². The number of halogens is 1. The maximum atomic E-state index is 13.7. The summed E-state index contributed by atoms with van der Waals surface area (Å²) in [5, 5.41) is 0. The standard InChI is InChI=1S/C11H12FNO2/c1-15-8-4-2-3-7(9(8)12)10(14)11(13)5-6-11/h2-4H,5-6,13H2,1H3. The quantitative estimate of drug-likeness (QED) is 0.767.